The highest BCUT2D eigenvalue weighted by Crippen LogP contribution is 2.31. The Morgan fingerprint density at radius 1 is 1.13 bits per heavy atom. The molecule has 1 aliphatic rings. The number of carboxylic acids is 1. The number of pyridine rings is 1. The van der Waals surface area contributed by atoms with E-state index in [1.165, 1.54) is 6.07 Å². The first-order valence-corrected chi connectivity index (χ1v) is 13.9. The van der Waals surface area contributed by atoms with Gasteiger partial charge in [0.2, 0.25) is 11.8 Å². The van der Waals surface area contributed by atoms with Crippen LogP contribution in [0.15, 0.2) is 36.5 Å². The number of imidazole rings is 1. The van der Waals surface area contributed by atoms with Crippen molar-refractivity contribution in [2.45, 2.75) is 19.1 Å². The molecule has 0 atom stereocenters. The van der Waals surface area contributed by atoms with Crippen LogP contribution in [0.25, 0.3) is 16.9 Å². The van der Waals surface area contributed by atoms with E-state index in [4.69, 9.17) is 59.3 Å². The van der Waals surface area contributed by atoms with Crippen molar-refractivity contribution >= 4 is 58.1 Å². The van der Waals surface area contributed by atoms with Crippen molar-refractivity contribution in [2.24, 2.45) is 0 Å². The van der Waals surface area contributed by atoms with Gasteiger partial charge in [-0.1, -0.05) is 23.2 Å². The molecule has 0 amide bonds. The number of carbonyl (C=O) groups is 1. The predicted molar refractivity (Wildman–Crippen MR) is 160 cm³/mol. The topological polar surface area (TPSA) is 200 Å². The molecule has 1 saturated heterocycles. The summed E-state index contributed by atoms with van der Waals surface area (Å²) in [6.45, 7) is 4.03. The maximum atomic E-state index is 11.6. The van der Waals surface area contributed by atoms with Crippen molar-refractivity contribution in [3.05, 3.63) is 67.9 Å². The maximum absolute atomic E-state index is 11.6. The Balaban J connectivity index is 0.000000591. The van der Waals surface area contributed by atoms with Crippen LogP contribution in [-0.4, -0.2) is 79.3 Å². The van der Waals surface area contributed by atoms with Crippen molar-refractivity contribution < 1.29 is 32.7 Å². The molecule has 45 heavy (non-hydrogen) atoms. The molecule has 0 radical (unpaired) electrons. The molecule has 14 nitrogen and oxygen atoms in total. The van der Waals surface area contributed by atoms with E-state index in [-0.39, 0.29) is 23.7 Å². The minimum Gasteiger partial charge on any atom is -0.475 e. The van der Waals surface area contributed by atoms with Crippen LogP contribution in [0.5, 0.6) is 0 Å². The van der Waals surface area contributed by atoms with Gasteiger partial charge in [-0.2, -0.15) is 13.2 Å². The highest BCUT2D eigenvalue weighted by atomic mass is 35.5. The zero-order valence-electron chi connectivity index (χ0n) is 23.2. The predicted octanol–water partition coefficient (Wildman–Crippen LogP) is 4.29. The number of rotatable bonds is 8. The van der Waals surface area contributed by atoms with Gasteiger partial charge in [0.05, 0.1) is 34.5 Å². The second-order valence-electron chi connectivity index (χ2n) is 9.62. The highest BCUT2D eigenvalue weighted by Gasteiger charge is 2.38. The van der Waals surface area contributed by atoms with Crippen LogP contribution in [0.2, 0.25) is 10.0 Å². The van der Waals surface area contributed by atoms with Crippen molar-refractivity contribution in [3.63, 3.8) is 0 Å². The molecule has 0 spiro atoms. The summed E-state index contributed by atoms with van der Waals surface area (Å²) in [4.78, 5) is 35.6. The van der Waals surface area contributed by atoms with Gasteiger partial charge in [-0.25, -0.2) is 19.7 Å². The first-order valence-electron chi connectivity index (χ1n) is 13.1. The number of ether oxygens (including phenoxy) is 1. The summed E-state index contributed by atoms with van der Waals surface area (Å²) in [7, 11) is 0. The van der Waals surface area contributed by atoms with Gasteiger partial charge in [0.1, 0.15) is 11.5 Å². The molecule has 0 aliphatic carbocycles. The van der Waals surface area contributed by atoms with Crippen molar-refractivity contribution in [3.8, 4) is 11.3 Å². The lowest BCUT2D eigenvalue weighted by molar-refractivity contribution is -0.384. The van der Waals surface area contributed by atoms with Gasteiger partial charge in [0.15, 0.2) is 0 Å². The number of morpholine rings is 1. The number of aromatic nitrogens is 4. The van der Waals surface area contributed by atoms with Gasteiger partial charge in [-0.15, -0.1) is 0 Å². The minimum atomic E-state index is -5.08. The molecular weight excluding hydrogens is 646 g/mol. The summed E-state index contributed by atoms with van der Waals surface area (Å²) >= 11 is 12.6. The Kier molecular flexibility index (Phi) is 10.5. The third-order valence-corrected chi connectivity index (χ3v) is 6.97. The number of nitrogens with two attached hydrogens (primary N) is 2. The first-order chi connectivity index (χ1) is 21.2. The summed E-state index contributed by atoms with van der Waals surface area (Å²) in [5.74, 6) is -2.35. The molecule has 6 N–H and O–H groups in total. The number of hydrogen-bond donors (Lipinski definition) is 4. The zero-order valence-corrected chi connectivity index (χ0v) is 24.7. The number of anilines is 3. The molecule has 19 heteroatoms. The zero-order chi connectivity index (χ0) is 32.9. The number of nitrogens with zero attached hydrogens (tertiary/aromatic N) is 6. The number of halogens is 5. The Morgan fingerprint density at radius 3 is 2.44 bits per heavy atom. The number of nitro groups is 1. The van der Waals surface area contributed by atoms with E-state index in [0.717, 1.165) is 18.8 Å². The quantitative estimate of drug-likeness (QED) is 0.153. The van der Waals surface area contributed by atoms with E-state index in [1.807, 2.05) is 16.7 Å². The lowest BCUT2D eigenvalue weighted by Crippen LogP contribution is -2.35. The third-order valence-electron chi connectivity index (χ3n) is 6.42. The highest BCUT2D eigenvalue weighted by molar-refractivity contribution is 6.36. The van der Waals surface area contributed by atoms with Gasteiger partial charge >= 0.3 is 17.8 Å². The fourth-order valence-corrected chi connectivity index (χ4v) is 4.91. The van der Waals surface area contributed by atoms with Crippen LogP contribution in [0.1, 0.15) is 11.3 Å². The molecular formula is C26H26Cl2F3N9O5. The molecule has 0 unspecified atom stereocenters. The van der Waals surface area contributed by atoms with Crippen LogP contribution in [0.4, 0.5) is 36.4 Å². The third kappa shape index (κ3) is 8.59. The van der Waals surface area contributed by atoms with Gasteiger partial charge in [-0.05, 0) is 30.7 Å². The Hall–Kier alpha value is -4.45. The second-order valence-corrected chi connectivity index (χ2v) is 10.5. The monoisotopic (exact) mass is 671 g/mol. The van der Waals surface area contributed by atoms with Crippen molar-refractivity contribution in [1.29, 1.82) is 0 Å². The van der Waals surface area contributed by atoms with Crippen LogP contribution in [0.3, 0.4) is 0 Å². The summed E-state index contributed by atoms with van der Waals surface area (Å²) in [5, 5.41) is 22.9. The molecule has 0 saturated carbocycles. The minimum absolute atomic E-state index is 0.116. The van der Waals surface area contributed by atoms with Crippen LogP contribution >= 0.6 is 23.2 Å². The fraction of sp³-hybridized carbons (Fsp3) is 0.308. The average Bonchev–Trinajstić information content (AvgIpc) is 3.35. The van der Waals surface area contributed by atoms with Gasteiger partial charge in [-0.3, -0.25) is 19.4 Å². The normalized spacial score (nSPS) is 13.7. The SMILES string of the molecule is Nc1cc(CCNc2nc(-c3ccc(Cl)cc3Cl)cc3nc(CN4CCOCC4)cn23)c([N+](=O)[O-])c(N)n1.O=C(O)C(F)(F)F. The summed E-state index contributed by atoms with van der Waals surface area (Å²) in [6, 6.07) is 8.52. The number of nitrogens with one attached hydrogen (secondary N) is 1. The van der Waals surface area contributed by atoms with E-state index < -0.39 is 17.1 Å². The van der Waals surface area contributed by atoms with Gasteiger partial charge in [0, 0.05) is 54.6 Å². The van der Waals surface area contributed by atoms with E-state index in [1.54, 1.807) is 18.2 Å². The van der Waals surface area contributed by atoms with E-state index >= 15 is 0 Å². The number of alkyl halides is 3. The number of carboxylic acid groups (broad SMARTS) is 1. The summed E-state index contributed by atoms with van der Waals surface area (Å²) in [5.41, 5.74) is 14.5. The lowest BCUT2D eigenvalue weighted by Gasteiger charge is -2.25. The molecule has 1 fully saturated rings. The molecule has 0 bridgehead atoms. The Morgan fingerprint density at radius 2 is 1.82 bits per heavy atom. The number of fused-ring (bicyclic) bond motifs is 1. The number of nitrogen functional groups attached to an aromatic ring is 2. The standard InChI is InChI=1S/C24H25Cl2N9O3.C2HF3O2/c25-15-1-2-17(18(26)10-15)19-11-21-30-16(12-33-5-7-38-8-6-33)13-34(21)24(31-19)29-4-3-14-9-20(27)32-23(28)22(14)35(36)37;3-2(4,5)1(6)7/h1-2,9-11,13H,3-8,12H2,(H,29,31)(H4,27,28,32);(H,6,7). The number of hydrogen-bond acceptors (Lipinski definition) is 11. The molecule has 4 aromatic rings. The largest absolute Gasteiger partial charge is 0.490 e. The number of benzene rings is 1. The molecule has 1 aliphatic heterocycles. The molecule has 1 aromatic carbocycles. The van der Waals surface area contributed by atoms with Crippen molar-refractivity contribution in [1.82, 2.24) is 24.3 Å². The van der Waals surface area contributed by atoms with E-state index in [0.29, 0.717) is 64.8 Å². The van der Waals surface area contributed by atoms with Crippen LogP contribution in [0, 0.1) is 10.1 Å². The second kappa shape index (κ2) is 14.1. The number of aliphatic carboxylic acids is 1. The Labute approximate surface area is 262 Å². The van der Waals surface area contributed by atoms with E-state index in [9.17, 15) is 23.3 Å². The summed E-state index contributed by atoms with van der Waals surface area (Å²) in [6.07, 6.45) is -2.89. The van der Waals surface area contributed by atoms with Crippen molar-refractivity contribution in [2.75, 3.05) is 49.6 Å². The smallest absolute Gasteiger partial charge is 0.475 e. The molecule has 3 aromatic heterocycles. The van der Waals surface area contributed by atoms with Crippen LogP contribution < -0.4 is 16.8 Å². The van der Waals surface area contributed by atoms with E-state index in [2.05, 4.69) is 15.2 Å². The van der Waals surface area contributed by atoms with Gasteiger partial charge < -0.3 is 26.6 Å². The van der Waals surface area contributed by atoms with Crippen LogP contribution in [-0.2, 0) is 22.5 Å². The fourth-order valence-electron chi connectivity index (χ4n) is 4.41. The molecule has 240 valence electrons. The molecule has 4 heterocycles. The summed E-state index contributed by atoms with van der Waals surface area (Å²) < 4.78 is 39.0. The first kappa shape index (κ1) is 33.4. The van der Waals surface area contributed by atoms with Gasteiger partial charge in [0.25, 0.3) is 0 Å². The Bertz CT molecular complexity index is 1720. The average molecular weight is 672 g/mol. The molecule has 5 rings (SSSR count). The lowest BCUT2D eigenvalue weighted by atomic mass is 10.1. The maximum Gasteiger partial charge on any atom is 0.490 e.